The summed E-state index contributed by atoms with van der Waals surface area (Å²) in [6.45, 7) is 0. The number of benzene rings is 2. The highest BCUT2D eigenvalue weighted by molar-refractivity contribution is 7.10. The highest BCUT2D eigenvalue weighted by Gasteiger charge is 2.47. The van der Waals surface area contributed by atoms with E-state index in [2.05, 4.69) is 0 Å². The topological polar surface area (TPSA) is 76.1 Å². The number of hydrogen-bond donors (Lipinski definition) is 1. The van der Waals surface area contributed by atoms with E-state index in [9.17, 15) is 19.1 Å². The Morgan fingerprint density at radius 1 is 1.09 bits per heavy atom. The molecular weight excluding hydrogens is 457 g/mol. The monoisotopic (exact) mass is 473 g/mol. The zero-order valence-electron chi connectivity index (χ0n) is 17.0. The molecule has 1 aliphatic rings. The third-order valence-electron chi connectivity index (χ3n) is 5.07. The van der Waals surface area contributed by atoms with Gasteiger partial charge >= 0.3 is 0 Å². The van der Waals surface area contributed by atoms with Gasteiger partial charge in [-0.15, -0.1) is 11.3 Å². The quantitative estimate of drug-likeness (QED) is 0.314. The van der Waals surface area contributed by atoms with E-state index in [-0.39, 0.29) is 27.6 Å². The number of aliphatic hydroxyl groups is 1. The second-order valence-electron chi connectivity index (χ2n) is 6.85. The molecule has 1 saturated heterocycles. The van der Waals surface area contributed by atoms with Gasteiger partial charge in [-0.2, -0.15) is 0 Å². The zero-order valence-corrected chi connectivity index (χ0v) is 18.5. The third-order valence-corrected chi connectivity index (χ3v) is 6.29. The summed E-state index contributed by atoms with van der Waals surface area (Å²) < 4.78 is 24.5. The van der Waals surface area contributed by atoms with Crippen molar-refractivity contribution in [1.29, 1.82) is 0 Å². The fraction of sp³-hybridized carbons (Fsp3) is 0.130. The minimum Gasteiger partial charge on any atom is -0.507 e. The largest absolute Gasteiger partial charge is 0.507 e. The van der Waals surface area contributed by atoms with Crippen molar-refractivity contribution in [3.63, 3.8) is 0 Å². The SMILES string of the molecule is COc1cc(OC)c(/C(O)=C2/C(=O)C(=O)N(c3cccc(F)c3)C2c2cccs2)cc1Cl. The summed E-state index contributed by atoms with van der Waals surface area (Å²) in [5.41, 5.74) is 0.169. The summed E-state index contributed by atoms with van der Waals surface area (Å²) in [7, 11) is 2.82. The van der Waals surface area contributed by atoms with Crippen LogP contribution in [0.4, 0.5) is 10.1 Å². The minimum atomic E-state index is -0.956. The first-order valence-corrected chi connectivity index (χ1v) is 10.6. The minimum absolute atomic E-state index is 0.122. The van der Waals surface area contributed by atoms with E-state index in [1.54, 1.807) is 17.5 Å². The van der Waals surface area contributed by atoms with E-state index >= 15 is 0 Å². The van der Waals surface area contributed by atoms with Crippen LogP contribution in [-0.2, 0) is 9.59 Å². The Morgan fingerprint density at radius 2 is 1.84 bits per heavy atom. The van der Waals surface area contributed by atoms with Crippen molar-refractivity contribution in [2.24, 2.45) is 0 Å². The van der Waals surface area contributed by atoms with Gasteiger partial charge in [-0.3, -0.25) is 14.5 Å². The van der Waals surface area contributed by atoms with E-state index in [4.69, 9.17) is 21.1 Å². The standard InChI is InChI=1S/C23H17ClFNO5S/c1-30-16-11-17(31-2)15(24)10-14(16)21(27)19-20(18-7-4-8-32-18)26(23(29)22(19)28)13-6-3-5-12(25)9-13/h3-11,20,27H,1-2H3/b21-19-. The second kappa shape index (κ2) is 8.64. The maximum absolute atomic E-state index is 13.9. The number of thiophene rings is 1. The van der Waals surface area contributed by atoms with Crippen LogP contribution in [0, 0.1) is 5.82 Å². The van der Waals surface area contributed by atoms with Gasteiger partial charge < -0.3 is 14.6 Å². The Balaban J connectivity index is 1.96. The Hall–Kier alpha value is -3.36. The number of anilines is 1. The normalized spacial score (nSPS) is 17.6. The number of hydrogen-bond acceptors (Lipinski definition) is 6. The van der Waals surface area contributed by atoms with Gasteiger partial charge in [0.15, 0.2) is 0 Å². The van der Waals surface area contributed by atoms with Gasteiger partial charge in [-0.1, -0.05) is 23.7 Å². The van der Waals surface area contributed by atoms with Crippen LogP contribution < -0.4 is 14.4 Å². The van der Waals surface area contributed by atoms with E-state index < -0.39 is 29.3 Å². The van der Waals surface area contributed by atoms with Gasteiger partial charge in [0, 0.05) is 16.6 Å². The number of ether oxygens (including phenoxy) is 2. The first-order chi connectivity index (χ1) is 15.4. The summed E-state index contributed by atoms with van der Waals surface area (Å²) in [5, 5.41) is 13.2. The predicted molar refractivity (Wildman–Crippen MR) is 120 cm³/mol. The number of carbonyl (C=O) groups is 2. The molecule has 4 rings (SSSR count). The molecule has 1 atom stereocenters. The Morgan fingerprint density at radius 3 is 2.47 bits per heavy atom. The van der Waals surface area contributed by atoms with Gasteiger partial charge in [0.25, 0.3) is 11.7 Å². The molecule has 1 aliphatic heterocycles. The molecule has 1 N–H and O–H groups in total. The average molecular weight is 474 g/mol. The van der Waals surface area contributed by atoms with Crippen molar-refractivity contribution in [2.75, 3.05) is 19.1 Å². The first-order valence-electron chi connectivity index (χ1n) is 9.39. The lowest BCUT2D eigenvalue weighted by atomic mass is 9.99. The molecule has 164 valence electrons. The molecule has 6 nitrogen and oxygen atoms in total. The van der Waals surface area contributed by atoms with Gasteiger partial charge in [-0.25, -0.2) is 4.39 Å². The van der Waals surface area contributed by atoms with Crippen LogP contribution in [0.2, 0.25) is 5.02 Å². The molecule has 9 heteroatoms. The summed E-state index contributed by atoms with van der Waals surface area (Å²) in [5.74, 6) is -2.28. The molecule has 1 fully saturated rings. The van der Waals surface area contributed by atoms with Crippen molar-refractivity contribution < 1.29 is 28.6 Å². The summed E-state index contributed by atoms with van der Waals surface area (Å²) >= 11 is 7.54. The van der Waals surface area contributed by atoms with Crippen LogP contribution in [0.5, 0.6) is 11.5 Å². The molecule has 0 saturated carbocycles. The first kappa shape index (κ1) is 21.9. The fourth-order valence-corrected chi connectivity index (χ4v) is 4.70. The van der Waals surface area contributed by atoms with Crippen LogP contribution in [0.1, 0.15) is 16.5 Å². The number of amides is 1. The maximum atomic E-state index is 13.9. The lowest BCUT2D eigenvalue weighted by Crippen LogP contribution is -2.29. The van der Waals surface area contributed by atoms with Gasteiger partial charge in [-0.05, 0) is 35.7 Å². The molecule has 3 aromatic rings. The lowest BCUT2D eigenvalue weighted by molar-refractivity contribution is -0.132. The molecule has 2 aromatic carbocycles. The number of nitrogens with zero attached hydrogens (tertiary/aromatic N) is 1. The Kier molecular flexibility index (Phi) is 5.90. The number of rotatable bonds is 5. The van der Waals surface area contributed by atoms with E-state index in [0.29, 0.717) is 10.6 Å². The summed E-state index contributed by atoms with van der Waals surface area (Å²) in [6, 6.07) is 10.8. The second-order valence-corrected chi connectivity index (χ2v) is 8.24. The van der Waals surface area contributed by atoms with Crippen molar-refractivity contribution in [3.05, 3.63) is 80.8 Å². The van der Waals surface area contributed by atoms with Gasteiger partial charge in [0.05, 0.1) is 30.4 Å². The molecule has 1 amide bonds. The van der Waals surface area contributed by atoms with Crippen LogP contribution in [0.25, 0.3) is 5.76 Å². The van der Waals surface area contributed by atoms with E-state index in [1.165, 1.54) is 60.8 Å². The summed E-state index contributed by atoms with van der Waals surface area (Å²) in [4.78, 5) is 27.9. The number of methoxy groups -OCH3 is 2. The van der Waals surface area contributed by atoms with Crippen LogP contribution >= 0.6 is 22.9 Å². The molecule has 0 radical (unpaired) electrons. The lowest BCUT2D eigenvalue weighted by Gasteiger charge is -2.24. The average Bonchev–Trinajstić information content (AvgIpc) is 3.40. The van der Waals surface area contributed by atoms with Crippen molar-refractivity contribution in [1.82, 2.24) is 0 Å². The van der Waals surface area contributed by atoms with E-state index in [1.807, 2.05) is 0 Å². The van der Waals surface area contributed by atoms with E-state index in [0.717, 1.165) is 6.07 Å². The van der Waals surface area contributed by atoms with Gasteiger partial charge in [0.1, 0.15) is 29.1 Å². The van der Waals surface area contributed by atoms with Crippen LogP contribution in [-0.4, -0.2) is 31.0 Å². The number of carbonyl (C=O) groups excluding carboxylic acids is 2. The smallest absolute Gasteiger partial charge is 0.300 e. The number of ketones is 1. The zero-order chi connectivity index (χ0) is 23.0. The highest BCUT2D eigenvalue weighted by atomic mass is 35.5. The summed E-state index contributed by atoms with van der Waals surface area (Å²) in [6.07, 6.45) is 0. The molecule has 32 heavy (non-hydrogen) atoms. The Bertz CT molecular complexity index is 1240. The predicted octanol–water partition coefficient (Wildman–Crippen LogP) is 5.18. The highest BCUT2D eigenvalue weighted by Crippen LogP contribution is 2.45. The fourth-order valence-electron chi connectivity index (χ4n) is 3.63. The number of Topliss-reactive ketones (excluding diaryl/α,β-unsaturated/α-hetero) is 1. The molecule has 0 bridgehead atoms. The molecule has 0 spiro atoms. The number of aliphatic hydroxyl groups excluding tert-OH is 1. The number of halogens is 2. The van der Waals surface area contributed by atoms with Crippen LogP contribution in [0.15, 0.2) is 59.5 Å². The molecule has 2 heterocycles. The molecule has 1 aromatic heterocycles. The Labute approximate surface area is 192 Å². The van der Waals surface area contributed by atoms with Crippen LogP contribution in [0.3, 0.4) is 0 Å². The molecule has 0 aliphatic carbocycles. The molecular formula is C23H17ClFNO5S. The van der Waals surface area contributed by atoms with Crippen molar-refractivity contribution in [2.45, 2.75) is 6.04 Å². The van der Waals surface area contributed by atoms with Crippen molar-refractivity contribution in [3.8, 4) is 11.5 Å². The third kappa shape index (κ3) is 3.61. The molecule has 1 unspecified atom stereocenters. The maximum Gasteiger partial charge on any atom is 0.300 e. The van der Waals surface area contributed by atoms with Crippen molar-refractivity contribution >= 4 is 46.1 Å². The van der Waals surface area contributed by atoms with Gasteiger partial charge in [0.2, 0.25) is 0 Å².